The molecule has 11 heteroatoms. The summed E-state index contributed by atoms with van der Waals surface area (Å²) in [7, 11) is 1.55. The van der Waals surface area contributed by atoms with Crippen LogP contribution >= 0.6 is 46.3 Å². The Balaban J connectivity index is 1.56. The van der Waals surface area contributed by atoms with Crippen molar-refractivity contribution in [2.24, 2.45) is 0 Å². The molecule has 2 heterocycles. The number of methoxy groups -OCH3 is 1. The Hall–Kier alpha value is -3.37. The van der Waals surface area contributed by atoms with Crippen molar-refractivity contribution < 1.29 is 19.4 Å². The first kappa shape index (κ1) is 28.2. The van der Waals surface area contributed by atoms with Crippen molar-refractivity contribution in [3.63, 3.8) is 0 Å². The van der Waals surface area contributed by atoms with Crippen LogP contribution in [0.2, 0.25) is 10.0 Å². The fourth-order valence-corrected chi connectivity index (χ4v) is 6.83. The van der Waals surface area contributed by atoms with Crippen LogP contribution in [-0.2, 0) is 15.3 Å². The van der Waals surface area contributed by atoms with E-state index < -0.39 is 17.7 Å². The number of hydrogen-bond acceptors (Lipinski definition) is 8. The van der Waals surface area contributed by atoms with E-state index in [0.717, 1.165) is 16.7 Å². The van der Waals surface area contributed by atoms with Gasteiger partial charge in [0, 0.05) is 21.4 Å². The first-order chi connectivity index (χ1) is 19.2. The van der Waals surface area contributed by atoms with Crippen LogP contribution < -0.4 is 9.64 Å². The van der Waals surface area contributed by atoms with Crippen LogP contribution in [0.4, 0.5) is 5.13 Å². The van der Waals surface area contributed by atoms with Crippen molar-refractivity contribution in [3.05, 3.63) is 104 Å². The molecular weight excluding hydrogens is 589 g/mol. The largest absolute Gasteiger partial charge is 0.507 e. The molecule has 5 rings (SSSR count). The summed E-state index contributed by atoms with van der Waals surface area (Å²) in [5.74, 6) is -0.694. The number of aliphatic hydroxyl groups excluding tert-OH is 1. The molecule has 1 saturated heterocycles. The first-order valence-corrected chi connectivity index (χ1v) is 14.7. The number of ether oxygens (including phenoxy) is 1. The van der Waals surface area contributed by atoms with Gasteiger partial charge in [-0.2, -0.15) is 0 Å². The zero-order chi connectivity index (χ0) is 28.6. The minimum Gasteiger partial charge on any atom is -0.507 e. The summed E-state index contributed by atoms with van der Waals surface area (Å²) < 4.78 is 5.88. The number of aliphatic hydroxyl groups is 1. The number of thioether (sulfide) groups is 1. The number of hydrogen-bond donors (Lipinski definition) is 1. The summed E-state index contributed by atoms with van der Waals surface area (Å²) in [5.41, 5.74) is 3.66. The van der Waals surface area contributed by atoms with Crippen molar-refractivity contribution >= 4 is 68.9 Å². The molecule has 0 spiro atoms. The van der Waals surface area contributed by atoms with Crippen LogP contribution in [0.3, 0.4) is 0 Å². The molecule has 40 heavy (non-hydrogen) atoms. The Kier molecular flexibility index (Phi) is 8.19. The number of halogens is 2. The third-order valence-electron chi connectivity index (χ3n) is 6.49. The standard InChI is InChI=1S/C29H23Cl2N3O4S2/c1-15-4-5-16(2)21(12-15)25(35)23-24(17-7-10-20(38-3)11-8-17)34(27(37)26(23)36)28-32-33-29(40-28)39-14-18-6-9-19(30)13-22(18)31/h4-13,24,35H,14H2,1-3H3. The summed E-state index contributed by atoms with van der Waals surface area (Å²) in [6.45, 7) is 3.74. The lowest BCUT2D eigenvalue weighted by molar-refractivity contribution is -0.132. The monoisotopic (exact) mass is 611 g/mol. The highest BCUT2D eigenvalue weighted by Gasteiger charge is 2.48. The molecular formula is C29H23Cl2N3O4S2. The van der Waals surface area contributed by atoms with E-state index >= 15 is 0 Å². The van der Waals surface area contributed by atoms with Gasteiger partial charge >= 0.3 is 5.91 Å². The van der Waals surface area contributed by atoms with Crippen LogP contribution in [-0.4, -0.2) is 34.1 Å². The molecule has 1 fully saturated rings. The molecule has 1 aromatic heterocycles. The number of carbonyl (C=O) groups excluding carboxylic acids is 2. The highest BCUT2D eigenvalue weighted by Crippen LogP contribution is 2.44. The van der Waals surface area contributed by atoms with Crippen LogP contribution in [0.1, 0.15) is 33.9 Å². The molecule has 7 nitrogen and oxygen atoms in total. The van der Waals surface area contributed by atoms with Gasteiger partial charge in [0.25, 0.3) is 5.78 Å². The molecule has 204 valence electrons. The third-order valence-corrected chi connectivity index (χ3v) is 9.18. The van der Waals surface area contributed by atoms with Crippen molar-refractivity contribution in [1.29, 1.82) is 0 Å². The first-order valence-electron chi connectivity index (χ1n) is 12.1. The summed E-state index contributed by atoms with van der Waals surface area (Å²) >= 11 is 14.9. The second-order valence-corrected chi connectivity index (χ2v) is 12.2. The van der Waals surface area contributed by atoms with Crippen molar-refractivity contribution in [2.45, 2.75) is 30.0 Å². The zero-order valence-electron chi connectivity index (χ0n) is 21.6. The average Bonchev–Trinajstić information content (AvgIpc) is 3.51. The van der Waals surface area contributed by atoms with E-state index in [0.29, 0.717) is 37.0 Å². The van der Waals surface area contributed by atoms with Gasteiger partial charge in [-0.15, -0.1) is 10.2 Å². The second kappa shape index (κ2) is 11.6. The Morgan fingerprint density at radius 3 is 2.50 bits per heavy atom. The Morgan fingerprint density at radius 1 is 1.05 bits per heavy atom. The number of anilines is 1. The maximum atomic E-state index is 13.5. The van der Waals surface area contributed by atoms with Gasteiger partial charge < -0.3 is 9.84 Å². The van der Waals surface area contributed by atoms with Crippen molar-refractivity contribution in [1.82, 2.24) is 10.2 Å². The molecule has 0 radical (unpaired) electrons. The van der Waals surface area contributed by atoms with Gasteiger partial charge in [0.15, 0.2) is 4.34 Å². The van der Waals surface area contributed by atoms with E-state index in [1.165, 1.54) is 28.0 Å². The lowest BCUT2D eigenvalue weighted by atomic mass is 9.93. The summed E-state index contributed by atoms with van der Waals surface area (Å²) in [6, 6.07) is 17.0. The van der Waals surface area contributed by atoms with Gasteiger partial charge in [-0.1, -0.05) is 82.2 Å². The number of benzene rings is 3. The number of amides is 1. The normalized spacial score (nSPS) is 16.5. The van der Waals surface area contributed by atoms with E-state index in [1.807, 2.05) is 32.0 Å². The van der Waals surface area contributed by atoms with Gasteiger partial charge in [-0.05, 0) is 60.9 Å². The summed E-state index contributed by atoms with van der Waals surface area (Å²) in [4.78, 5) is 28.3. The summed E-state index contributed by atoms with van der Waals surface area (Å²) in [5, 5.41) is 21.3. The molecule has 1 atom stereocenters. The number of ketones is 1. The van der Waals surface area contributed by atoms with Crippen molar-refractivity contribution in [3.8, 4) is 5.75 Å². The number of aryl methyl sites for hydroxylation is 2. The number of rotatable bonds is 7. The minimum absolute atomic E-state index is 0.0128. The highest BCUT2D eigenvalue weighted by molar-refractivity contribution is 8.00. The lowest BCUT2D eigenvalue weighted by Gasteiger charge is -2.23. The topological polar surface area (TPSA) is 92.6 Å². The fourth-order valence-electron chi connectivity index (χ4n) is 4.40. The average molecular weight is 613 g/mol. The third kappa shape index (κ3) is 5.47. The van der Waals surface area contributed by atoms with Crippen LogP contribution in [0, 0.1) is 13.8 Å². The molecule has 0 aliphatic carbocycles. The number of carbonyl (C=O) groups is 2. The Labute approximate surface area is 249 Å². The Bertz CT molecular complexity index is 1650. The number of aromatic nitrogens is 2. The molecule has 1 amide bonds. The van der Waals surface area contributed by atoms with Crippen LogP contribution in [0.25, 0.3) is 5.76 Å². The predicted octanol–water partition coefficient (Wildman–Crippen LogP) is 7.39. The molecule has 1 aliphatic rings. The predicted molar refractivity (Wildman–Crippen MR) is 160 cm³/mol. The zero-order valence-corrected chi connectivity index (χ0v) is 24.8. The molecule has 3 aromatic carbocycles. The molecule has 1 unspecified atom stereocenters. The van der Waals surface area contributed by atoms with Gasteiger partial charge in [-0.25, -0.2) is 0 Å². The van der Waals surface area contributed by atoms with E-state index in [2.05, 4.69) is 10.2 Å². The van der Waals surface area contributed by atoms with E-state index in [9.17, 15) is 14.7 Å². The summed E-state index contributed by atoms with van der Waals surface area (Å²) in [6.07, 6.45) is 0. The highest BCUT2D eigenvalue weighted by atomic mass is 35.5. The smallest absolute Gasteiger partial charge is 0.301 e. The quantitative estimate of drug-likeness (QED) is 0.0765. The minimum atomic E-state index is -0.915. The van der Waals surface area contributed by atoms with Gasteiger partial charge in [0.05, 0.1) is 18.7 Å². The SMILES string of the molecule is COc1ccc(C2C(=C(O)c3cc(C)ccc3C)C(=O)C(=O)N2c2nnc(SCc3ccc(Cl)cc3Cl)s2)cc1. The van der Waals surface area contributed by atoms with E-state index in [4.69, 9.17) is 27.9 Å². The molecule has 0 bridgehead atoms. The van der Waals surface area contributed by atoms with Gasteiger partial charge in [0.2, 0.25) is 5.13 Å². The van der Waals surface area contributed by atoms with E-state index in [-0.39, 0.29) is 16.5 Å². The molecule has 1 N–H and O–H groups in total. The maximum absolute atomic E-state index is 13.5. The fraction of sp³-hybridized carbons (Fsp3) is 0.172. The van der Waals surface area contributed by atoms with Crippen LogP contribution in [0.15, 0.2) is 70.6 Å². The van der Waals surface area contributed by atoms with Gasteiger partial charge in [-0.3, -0.25) is 14.5 Å². The molecule has 1 aliphatic heterocycles. The van der Waals surface area contributed by atoms with Crippen LogP contribution in [0.5, 0.6) is 5.75 Å². The Morgan fingerprint density at radius 2 is 1.80 bits per heavy atom. The molecule has 4 aromatic rings. The maximum Gasteiger partial charge on any atom is 0.301 e. The number of nitrogens with zero attached hydrogens (tertiary/aromatic N) is 3. The van der Waals surface area contributed by atoms with E-state index in [1.54, 1.807) is 49.6 Å². The number of Topliss-reactive ketones (excluding diaryl/α,β-unsaturated/α-hetero) is 1. The lowest BCUT2D eigenvalue weighted by Crippen LogP contribution is -2.29. The van der Waals surface area contributed by atoms with Gasteiger partial charge in [0.1, 0.15) is 11.5 Å². The molecule has 0 saturated carbocycles. The second-order valence-electron chi connectivity index (χ2n) is 9.14. The van der Waals surface area contributed by atoms with Crippen molar-refractivity contribution in [2.75, 3.05) is 12.0 Å².